The van der Waals surface area contributed by atoms with E-state index in [2.05, 4.69) is 10.3 Å². The SMILES string of the molecule is CN(Cc1nc2ccccc2s1)[C@@H](C(=O)NC(N)=O)c1ccccc1. The van der Waals surface area contributed by atoms with E-state index in [9.17, 15) is 9.59 Å². The van der Waals surface area contributed by atoms with E-state index in [1.54, 1.807) is 11.3 Å². The van der Waals surface area contributed by atoms with E-state index in [4.69, 9.17) is 5.73 Å². The largest absolute Gasteiger partial charge is 0.351 e. The van der Waals surface area contributed by atoms with Crippen molar-refractivity contribution in [1.29, 1.82) is 0 Å². The maximum Gasteiger partial charge on any atom is 0.318 e. The third-order valence-electron chi connectivity index (χ3n) is 3.77. The molecule has 0 radical (unpaired) electrons. The van der Waals surface area contributed by atoms with Crippen LogP contribution in [0.5, 0.6) is 0 Å². The summed E-state index contributed by atoms with van der Waals surface area (Å²) in [7, 11) is 1.82. The molecular formula is C18H18N4O2S. The smallest absolute Gasteiger partial charge is 0.318 e. The molecule has 1 heterocycles. The van der Waals surface area contributed by atoms with Gasteiger partial charge in [0.1, 0.15) is 11.0 Å². The van der Waals surface area contributed by atoms with Gasteiger partial charge >= 0.3 is 6.03 Å². The highest BCUT2D eigenvalue weighted by atomic mass is 32.1. The van der Waals surface area contributed by atoms with Gasteiger partial charge in [-0.15, -0.1) is 11.3 Å². The summed E-state index contributed by atoms with van der Waals surface area (Å²) in [6.45, 7) is 0.477. The lowest BCUT2D eigenvalue weighted by Gasteiger charge is -2.26. The van der Waals surface area contributed by atoms with E-state index in [1.165, 1.54) is 0 Å². The van der Waals surface area contributed by atoms with Gasteiger partial charge < -0.3 is 5.73 Å². The number of imide groups is 1. The number of fused-ring (bicyclic) bond motifs is 1. The van der Waals surface area contributed by atoms with Crippen LogP contribution in [0.4, 0.5) is 4.79 Å². The van der Waals surface area contributed by atoms with Crippen LogP contribution in [0.2, 0.25) is 0 Å². The van der Waals surface area contributed by atoms with Gasteiger partial charge in [0.05, 0.1) is 16.8 Å². The molecule has 0 aliphatic carbocycles. The molecule has 6 nitrogen and oxygen atoms in total. The Labute approximate surface area is 149 Å². The first kappa shape index (κ1) is 17.1. The maximum absolute atomic E-state index is 12.5. The number of thiazole rings is 1. The molecule has 2 aromatic carbocycles. The number of nitrogens with zero attached hydrogens (tertiary/aromatic N) is 2. The standard InChI is InChI=1S/C18H18N4O2S/c1-22(11-15-20-13-9-5-6-10-14(13)25-15)16(17(23)21-18(19)24)12-7-3-2-4-8-12/h2-10,16H,11H2,1H3,(H3,19,21,23,24)/t16-/m1/s1. The Morgan fingerprint density at radius 2 is 1.84 bits per heavy atom. The van der Waals surface area contributed by atoms with Gasteiger partial charge in [0, 0.05) is 0 Å². The summed E-state index contributed by atoms with van der Waals surface area (Å²) in [5.41, 5.74) is 6.83. The first-order valence-corrected chi connectivity index (χ1v) is 8.56. The topological polar surface area (TPSA) is 88.3 Å². The van der Waals surface area contributed by atoms with E-state index in [1.807, 2.05) is 66.5 Å². The quantitative estimate of drug-likeness (QED) is 0.737. The summed E-state index contributed by atoms with van der Waals surface area (Å²) in [4.78, 5) is 30.0. The fourth-order valence-corrected chi connectivity index (χ4v) is 3.75. The Morgan fingerprint density at radius 1 is 1.16 bits per heavy atom. The third kappa shape index (κ3) is 4.01. The van der Waals surface area contributed by atoms with Crippen LogP contribution in [-0.4, -0.2) is 28.9 Å². The van der Waals surface area contributed by atoms with Crippen LogP contribution in [0, 0.1) is 0 Å². The molecule has 0 saturated carbocycles. The number of hydrogen-bond acceptors (Lipinski definition) is 5. The van der Waals surface area contributed by atoms with Crippen molar-refractivity contribution >= 4 is 33.5 Å². The third-order valence-corrected chi connectivity index (χ3v) is 4.79. The number of nitrogens with two attached hydrogens (primary N) is 1. The number of benzene rings is 2. The number of amides is 3. The minimum absolute atomic E-state index is 0.456. The number of nitrogens with one attached hydrogen (secondary N) is 1. The number of primary amides is 1. The Balaban J connectivity index is 1.86. The summed E-state index contributed by atoms with van der Waals surface area (Å²) in [6.07, 6.45) is 0. The maximum atomic E-state index is 12.5. The lowest BCUT2D eigenvalue weighted by Crippen LogP contribution is -2.43. The van der Waals surface area contributed by atoms with Crippen molar-refractivity contribution in [3.63, 3.8) is 0 Å². The molecule has 3 N–H and O–H groups in total. The number of urea groups is 1. The molecule has 0 bridgehead atoms. The summed E-state index contributed by atoms with van der Waals surface area (Å²) in [5.74, 6) is -0.456. The lowest BCUT2D eigenvalue weighted by molar-refractivity contribution is -0.125. The number of para-hydroxylation sites is 1. The molecule has 7 heteroatoms. The number of likely N-dealkylation sites (N-methyl/N-ethyl adjacent to an activating group) is 1. The molecule has 0 aliphatic rings. The van der Waals surface area contributed by atoms with E-state index in [-0.39, 0.29) is 0 Å². The van der Waals surface area contributed by atoms with Crippen molar-refractivity contribution < 1.29 is 9.59 Å². The van der Waals surface area contributed by atoms with Crippen LogP contribution >= 0.6 is 11.3 Å². The predicted molar refractivity (Wildman–Crippen MR) is 98.0 cm³/mol. The van der Waals surface area contributed by atoms with Crippen LogP contribution in [0.1, 0.15) is 16.6 Å². The summed E-state index contributed by atoms with van der Waals surface area (Å²) in [5, 5.41) is 3.08. The lowest BCUT2D eigenvalue weighted by atomic mass is 10.0. The zero-order chi connectivity index (χ0) is 17.8. The summed E-state index contributed by atoms with van der Waals surface area (Å²) < 4.78 is 1.10. The van der Waals surface area contributed by atoms with Gasteiger partial charge in [-0.2, -0.15) is 0 Å². The Bertz CT molecular complexity index is 861. The van der Waals surface area contributed by atoms with Crippen molar-refractivity contribution in [2.75, 3.05) is 7.05 Å². The summed E-state index contributed by atoms with van der Waals surface area (Å²) >= 11 is 1.59. The first-order chi connectivity index (χ1) is 12.0. The molecule has 1 atom stereocenters. The second-order valence-electron chi connectivity index (χ2n) is 5.66. The molecule has 0 spiro atoms. The van der Waals surface area contributed by atoms with Crippen molar-refractivity contribution in [1.82, 2.24) is 15.2 Å². The molecule has 128 valence electrons. The Kier molecular flexibility index (Phi) is 5.06. The van der Waals surface area contributed by atoms with Crippen LogP contribution in [0.15, 0.2) is 54.6 Å². The van der Waals surface area contributed by atoms with Crippen LogP contribution in [-0.2, 0) is 11.3 Å². The predicted octanol–water partition coefficient (Wildman–Crippen LogP) is 2.66. The fourth-order valence-electron chi connectivity index (χ4n) is 2.72. The molecule has 0 fully saturated rings. The number of aromatic nitrogens is 1. The molecule has 3 amide bonds. The van der Waals surface area contributed by atoms with E-state index < -0.39 is 18.0 Å². The van der Waals surface area contributed by atoms with E-state index in [0.717, 1.165) is 20.8 Å². The first-order valence-electron chi connectivity index (χ1n) is 7.74. The molecule has 0 unspecified atom stereocenters. The van der Waals surface area contributed by atoms with Gasteiger partial charge in [-0.05, 0) is 24.7 Å². The van der Waals surface area contributed by atoms with Crippen LogP contribution in [0.3, 0.4) is 0 Å². The highest BCUT2D eigenvalue weighted by Crippen LogP contribution is 2.26. The number of carbonyl (C=O) groups is 2. The van der Waals surface area contributed by atoms with Gasteiger partial charge in [-0.1, -0.05) is 42.5 Å². The van der Waals surface area contributed by atoms with Crippen molar-refractivity contribution in [3.05, 3.63) is 65.2 Å². The highest BCUT2D eigenvalue weighted by Gasteiger charge is 2.26. The fraction of sp³-hybridized carbons (Fsp3) is 0.167. The molecule has 3 rings (SSSR count). The molecule has 3 aromatic rings. The van der Waals surface area contributed by atoms with E-state index in [0.29, 0.717) is 6.54 Å². The number of rotatable bonds is 5. The van der Waals surface area contributed by atoms with Gasteiger partial charge in [0.2, 0.25) is 5.91 Å². The molecule has 25 heavy (non-hydrogen) atoms. The molecule has 1 aromatic heterocycles. The summed E-state index contributed by atoms with van der Waals surface area (Å²) in [6, 6.07) is 15.7. The monoisotopic (exact) mass is 354 g/mol. The minimum Gasteiger partial charge on any atom is -0.351 e. The highest BCUT2D eigenvalue weighted by molar-refractivity contribution is 7.18. The second kappa shape index (κ2) is 7.42. The van der Waals surface area contributed by atoms with Gasteiger partial charge in [-0.25, -0.2) is 9.78 Å². The van der Waals surface area contributed by atoms with Crippen LogP contribution < -0.4 is 11.1 Å². The molecule has 0 aliphatic heterocycles. The van der Waals surface area contributed by atoms with Gasteiger partial charge in [-0.3, -0.25) is 15.0 Å². The van der Waals surface area contributed by atoms with Crippen molar-refractivity contribution in [3.8, 4) is 0 Å². The minimum atomic E-state index is -0.862. The zero-order valence-corrected chi connectivity index (χ0v) is 14.5. The van der Waals surface area contributed by atoms with Crippen LogP contribution in [0.25, 0.3) is 10.2 Å². The average molecular weight is 354 g/mol. The Hall–Kier alpha value is -2.77. The normalized spacial score (nSPS) is 12.2. The van der Waals surface area contributed by atoms with Crippen molar-refractivity contribution in [2.24, 2.45) is 5.73 Å². The van der Waals surface area contributed by atoms with Crippen molar-refractivity contribution in [2.45, 2.75) is 12.6 Å². The van der Waals surface area contributed by atoms with E-state index >= 15 is 0 Å². The van der Waals surface area contributed by atoms with Gasteiger partial charge in [0.25, 0.3) is 0 Å². The Morgan fingerprint density at radius 3 is 2.52 bits per heavy atom. The average Bonchev–Trinajstić information content (AvgIpc) is 2.97. The zero-order valence-electron chi connectivity index (χ0n) is 13.7. The van der Waals surface area contributed by atoms with Gasteiger partial charge in [0.15, 0.2) is 0 Å². The number of hydrogen-bond donors (Lipinski definition) is 2. The number of carbonyl (C=O) groups excluding carboxylic acids is 2. The second-order valence-corrected chi connectivity index (χ2v) is 6.77. The molecule has 0 saturated heterocycles. The molecular weight excluding hydrogens is 336 g/mol.